The van der Waals surface area contributed by atoms with Crippen LogP contribution in [-0.4, -0.2) is 34.2 Å². The van der Waals surface area contributed by atoms with Crippen molar-refractivity contribution in [2.75, 3.05) is 19.7 Å². The monoisotopic (exact) mass is 265 g/mol. The van der Waals surface area contributed by atoms with Gasteiger partial charge in [-0.15, -0.1) is 0 Å². The number of unbranched alkanes of at least 4 members (excludes halogenated alkanes) is 1. The van der Waals surface area contributed by atoms with Gasteiger partial charge in [0, 0.05) is 18.0 Å². The van der Waals surface area contributed by atoms with E-state index in [1.165, 1.54) is 0 Å². The number of amides is 1. The van der Waals surface area contributed by atoms with Gasteiger partial charge in [0.25, 0.3) is 0 Å². The molecule has 0 saturated carbocycles. The van der Waals surface area contributed by atoms with Crippen LogP contribution in [0.2, 0.25) is 0 Å². The van der Waals surface area contributed by atoms with E-state index in [9.17, 15) is 13.2 Å². The molecule has 0 aliphatic rings. The molecule has 0 rings (SSSR count). The van der Waals surface area contributed by atoms with Crippen molar-refractivity contribution in [2.45, 2.75) is 19.8 Å². The first-order chi connectivity index (χ1) is 8.02. The second-order valence-electron chi connectivity index (χ2n) is 2.88. The first kappa shape index (κ1) is 15.5. The highest BCUT2D eigenvalue weighted by molar-refractivity contribution is 7.88. The minimum atomic E-state index is -3.87. The topological polar surface area (TPSA) is 133 Å². The van der Waals surface area contributed by atoms with Crippen LogP contribution < -0.4 is 9.44 Å². The fourth-order valence-electron chi connectivity index (χ4n) is 0.865. The predicted molar refractivity (Wildman–Crippen MR) is 60.3 cm³/mol. The number of carbonyl (C=O) groups excluding carboxylic acids is 1. The molecule has 0 aromatic heterocycles. The molecule has 0 saturated heterocycles. The van der Waals surface area contributed by atoms with Gasteiger partial charge in [-0.3, -0.25) is 0 Å². The Kier molecular flexibility index (Phi) is 7.85. The van der Waals surface area contributed by atoms with E-state index >= 15 is 0 Å². The van der Waals surface area contributed by atoms with E-state index in [2.05, 4.69) is 19.5 Å². The summed E-state index contributed by atoms with van der Waals surface area (Å²) < 4.78 is 30.6. The van der Waals surface area contributed by atoms with Crippen molar-refractivity contribution < 1.29 is 17.9 Å². The summed E-state index contributed by atoms with van der Waals surface area (Å²) in [6, 6.07) is 0. The summed E-state index contributed by atoms with van der Waals surface area (Å²) in [6.45, 7) is 2.11. The van der Waals surface area contributed by atoms with Crippen LogP contribution in [0.4, 0.5) is 4.79 Å². The van der Waals surface area contributed by atoms with Crippen LogP contribution in [0.25, 0.3) is 10.4 Å². The van der Waals surface area contributed by atoms with Gasteiger partial charge in [0.15, 0.2) is 0 Å². The van der Waals surface area contributed by atoms with Crippen LogP contribution in [0.5, 0.6) is 0 Å². The number of nitrogens with one attached hydrogen (secondary N) is 2. The van der Waals surface area contributed by atoms with Crippen molar-refractivity contribution in [2.24, 2.45) is 5.11 Å². The maximum absolute atomic E-state index is 11.2. The third kappa shape index (κ3) is 9.42. The third-order valence-corrected chi connectivity index (χ3v) is 2.55. The minimum absolute atomic E-state index is 0.0908. The highest BCUT2D eigenvalue weighted by Crippen LogP contribution is 1.90. The van der Waals surface area contributed by atoms with E-state index in [4.69, 9.17) is 5.53 Å². The van der Waals surface area contributed by atoms with Gasteiger partial charge in [0.1, 0.15) is 0 Å². The Hall–Kier alpha value is -1.51. The number of azide groups is 1. The van der Waals surface area contributed by atoms with Crippen LogP contribution >= 0.6 is 0 Å². The van der Waals surface area contributed by atoms with Gasteiger partial charge in [-0.2, -0.15) is 13.1 Å². The Balaban J connectivity index is 3.78. The molecule has 10 heteroatoms. The molecule has 0 aliphatic carbocycles. The fourth-order valence-corrected chi connectivity index (χ4v) is 1.63. The second-order valence-corrected chi connectivity index (χ2v) is 4.38. The molecule has 0 aromatic carbocycles. The van der Waals surface area contributed by atoms with E-state index in [1.807, 2.05) is 0 Å². The molecule has 0 unspecified atom stereocenters. The number of carbonyl (C=O) groups is 1. The normalized spacial score (nSPS) is 10.4. The minimum Gasteiger partial charge on any atom is -0.449 e. The lowest BCUT2D eigenvalue weighted by Crippen LogP contribution is -2.40. The van der Waals surface area contributed by atoms with Crippen LogP contribution in [0.15, 0.2) is 5.11 Å². The molecule has 0 fully saturated rings. The molecule has 0 heterocycles. The quantitative estimate of drug-likeness (QED) is 0.288. The lowest BCUT2D eigenvalue weighted by atomic mass is 10.3. The molecule has 0 atom stereocenters. The molecule has 0 radical (unpaired) electrons. The standard InChI is InChI=1S/C7H15N5O4S/c1-2-16-7(13)11-17(14,15)10-6-4-3-5-9-12-8/h10H,2-6H2,1H3,(H,11,13). The molecule has 0 aliphatic heterocycles. The summed E-state index contributed by atoms with van der Waals surface area (Å²) in [4.78, 5) is 13.4. The summed E-state index contributed by atoms with van der Waals surface area (Å²) >= 11 is 0. The van der Waals surface area contributed by atoms with Crippen molar-refractivity contribution in [3.63, 3.8) is 0 Å². The molecule has 0 spiro atoms. The Bertz CT molecular complexity index is 376. The van der Waals surface area contributed by atoms with Crippen molar-refractivity contribution >= 4 is 16.3 Å². The van der Waals surface area contributed by atoms with Crippen molar-refractivity contribution in [1.82, 2.24) is 9.44 Å². The second kappa shape index (κ2) is 8.62. The summed E-state index contributed by atoms with van der Waals surface area (Å²) in [5.74, 6) is 0. The molecule has 1 amide bonds. The number of ether oxygens (including phenoxy) is 1. The number of nitrogens with zero attached hydrogens (tertiary/aromatic N) is 3. The van der Waals surface area contributed by atoms with E-state index in [-0.39, 0.29) is 13.2 Å². The van der Waals surface area contributed by atoms with Crippen LogP contribution in [0.1, 0.15) is 19.8 Å². The molecular formula is C7H15N5O4S. The summed E-state index contributed by atoms with van der Waals surface area (Å²) in [5.41, 5.74) is 7.99. The van der Waals surface area contributed by atoms with E-state index in [1.54, 1.807) is 11.6 Å². The zero-order valence-electron chi connectivity index (χ0n) is 9.42. The molecule has 2 N–H and O–H groups in total. The maximum Gasteiger partial charge on any atom is 0.421 e. The number of hydrogen-bond acceptors (Lipinski definition) is 5. The molecule has 0 aromatic rings. The molecule has 98 valence electrons. The van der Waals surface area contributed by atoms with E-state index < -0.39 is 16.3 Å². The highest BCUT2D eigenvalue weighted by Gasteiger charge is 2.13. The van der Waals surface area contributed by atoms with E-state index in [0.717, 1.165) is 0 Å². The van der Waals surface area contributed by atoms with Crippen molar-refractivity contribution in [1.29, 1.82) is 0 Å². The lowest BCUT2D eigenvalue weighted by molar-refractivity contribution is 0.158. The summed E-state index contributed by atoms with van der Waals surface area (Å²) in [7, 11) is -3.87. The average Bonchev–Trinajstić information content (AvgIpc) is 2.22. The Morgan fingerprint density at radius 3 is 2.76 bits per heavy atom. The van der Waals surface area contributed by atoms with Crippen molar-refractivity contribution in [3.8, 4) is 0 Å². The first-order valence-electron chi connectivity index (χ1n) is 4.97. The van der Waals surface area contributed by atoms with Crippen LogP contribution in [-0.2, 0) is 14.9 Å². The molecule has 9 nitrogen and oxygen atoms in total. The van der Waals surface area contributed by atoms with Crippen LogP contribution in [0.3, 0.4) is 0 Å². The van der Waals surface area contributed by atoms with Gasteiger partial charge >= 0.3 is 16.3 Å². The predicted octanol–water partition coefficient (Wildman–Crippen LogP) is 0.657. The van der Waals surface area contributed by atoms with Gasteiger partial charge in [-0.1, -0.05) is 5.11 Å². The lowest BCUT2D eigenvalue weighted by Gasteiger charge is -2.07. The van der Waals surface area contributed by atoms with Crippen LogP contribution in [0, 0.1) is 0 Å². The first-order valence-corrected chi connectivity index (χ1v) is 6.45. The number of hydrogen-bond donors (Lipinski definition) is 2. The SMILES string of the molecule is CCOC(=O)NS(=O)(=O)NCCCCN=[N+]=[N-]. The Morgan fingerprint density at radius 1 is 1.47 bits per heavy atom. The average molecular weight is 265 g/mol. The van der Waals surface area contributed by atoms with Gasteiger partial charge in [0.05, 0.1) is 6.61 Å². The largest absolute Gasteiger partial charge is 0.449 e. The van der Waals surface area contributed by atoms with E-state index in [0.29, 0.717) is 19.4 Å². The zero-order chi connectivity index (χ0) is 13.1. The van der Waals surface area contributed by atoms with Crippen molar-refractivity contribution in [3.05, 3.63) is 10.4 Å². The smallest absolute Gasteiger partial charge is 0.421 e. The summed E-state index contributed by atoms with van der Waals surface area (Å²) in [6.07, 6.45) is 0.0449. The molecular weight excluding hydrogens is 250 g/mol. The van der Waals surface area contributed by atoms with Gasteiger partial charge in [-0.05, 0) is 25.3 Å². The summed E-state index contributed by atoms with van der Waals surface area (Å²) in [5, 5.41) is 3.29. The fraction of sp³-hybridized carbons (Fsp3) is 0.857. The Morgan fingerprint density at radius 2 is 2.18 bits per heavy atom. The Labute approximate surface area is 99.3 Å². The molecule has 0 bridgehead atoms. The zero-order valence-corrected chi connectivity index (χ0v) is 10.2. The third-order valence-electron chi connectivity index (χ3n) is 1.53. The van der Waals surface area contributed by atoms with Gasteiger partial charge < -0.3 is 4.74 Å². The molecule has 17 heavy (non-hydrogen) atoms. The van der Waals surface area contributed by atoms with Gasteiger partial charge in [0.2, 0.25) is 0 Å². The maximum atomic E-state index is 11.2. The number of rotatable bonds is 8. The highest BCUT2D eigenvalue weighted by atomic mass is 32.2. The van der Waals surface area contributed by atoms with Gasteiger partial charge in [-0.25, -0.2) is 9.52 Å².